The maximum absolute atomic E-state index is 13.1. The largest absolute Gasteiger partial charge is 0.490 e. The zero-order chi connectivity index (χ0) is 23.4. The number of barbiturate groups is 1. The minimum absolute atomic E-state index is 0.174. The highest BCUT2D eigenvalue weighted by molar-refractivity contribution is 9.10. The maximum atomic E-state index is 13.1. The van der Waals surface area contributed by atoms with Gasteiger partial charge in [-0.15, -0.1) is 0 Å². The summed E-state index contributed by atoms with van der Waals surface area (Å²) < 4.78 is 11.5. The minimum atomic E-state index is -0.808. The third kappa shape index (κ3) is 4.65. The number of urea groups is 1. The van der Waals surface area contributed by atoms with E-state index in [1.54, 1.807) is 37.3 Å². The van der Waals surface area contributed by atoms with Crippen LogP contribution in [0.25, 0.3) is 6.08 Å². The molecule has 2 aromatic carbocycles. The first-order chi connectivity index (χ1) is 15.3. The summed E-state index contributed by atoms with van der Waals surface area (Å²) in [5, 5.41) is 11.0. The molecular formula is C23H20BrN3O5. The molecule has 164 valence electrons. The van der Waals surface area contributed by atoms with E-state index >= 15 is 0 Å². The molecule has 0 bridgehead atoms. The molecule has 1 fully saturated rings. The Balaban J connectivity index is 2.03. The van der Waals surface area contributed by atoms with Gasteiger partial charge in [-0.25, -0.2) is 9.69 Å². The second-order valence-corrected chi connectivity index (χ2v) is 7.79. The van der Waals surface area contributed by atoms with Gasteiger partial charge in [0.2, 0.25) is 0 Å². The van der Waals surface area contributed by atoms with E-state index in [-0.39, 0.29) is 12.2 Å². The van der Waals surface area contributed by atoms with Gasteiger partial charge in [0.25, 0.3) is 11.8 Å². The van der Waals surface area contributed by atoms with Gasteiger partial charge in [0, 0.05) is 0 Å². The molecule has 0 radical (unpaired) electrons. The molecule has 1 N–H and O–H groups in total. The molecule has 0 aliphatic carbocycles. The molecule has 0 spiro atoms. The lowest BCUT2D eigenvalue weighted by atomic mass is 10.0. The second kappa shape index (κ2) is 9.66. The monoisotopic (exact) mass is 497 g/mol. The third-order valence-electron chi connectivity index (χ3n) is 4.77. The first-order valence-electron chi connectivity index (χ1n) is 9.71. The minimum Gasteiger partial charge on any atom is -0.490 e. The van der Waals surface area contributed by atoms with Crippen LogP contribution in [0.3, 0.4) is 0 Å². The number of benzene rings is 2. The Morgan fingerprint density at radius 3 is 2.53 bits per heavy atom. The van der Waals surface area contributed by atoms with Gasteiger partial charge in [-0.2, -0.15) is 5.26 Å². The Hall–Kier alpha value is -3.64. The second-order valence-electron chi connectivity index (χ2n) is 6.94. The summed E-state index contributed by atoms with van der Waals surface area (Å²) in [6.07, 6.45) is 1.37. The van der Waals surface area contributed by atoms with E-state index in [2.05, 4.69) is 21.2 Å². The number of nitriles is 1. The average molecular weight is 498 g/mol. The highest BCUT2D eigenvalue weighted by Gasteiger charge is 2.37. The van der Waals surface area contributed by atoms with Crippen LogP contribution in [0.2, 0.25) is 0 Å². The van der Waals surface area contributed by atoms with Gasteiger partial charge < -0.3 is 9.47 Å². The van der Waals surface area contributed by atoms with Crippen molar-refractivity contribution in [1.29, 1.82) is 5.26 Å². The Labute approximate surface area is 193 Å². The number of carbonyl (C=O) groups is 3. The molecular weight excluding hydrogens is 478 g/mol. The van der Waals surface area contributed by atoms with E-state index in [4.69, 9.17) is 14.7 Å². The number of rotatable bonds is 6. The van der Waals surface area contributed by atoms with E-state index in [9.17, 15) is 14.4 Å². The van der Waals surface area contributed by atoms with E-state index in [1.165, 1.54) is 6.08 Å². The number of halogens is 1. The number of anilines is 1. The van der Waals surface area contributed by atoms with Crippen LogP contribution in [0.1, 0.15) is 23.6 Å². The fourth-order valence-corrected chi connectivity index (χ4v) is 3.68. The van der Waals surface area contributed by atoms with Crippen molar-refractivity contribution in [3.63, 3.8) is 0 Å². The van der Waals surface area contributed by atoms with Crippen molar-refractivity contribution in [1.82, 2.24) is 5.32 Å². The Morgan fingerprint density at radius 1 is 1.12 bits per heavy atom. The van der Waals surface area contributed by atoms with Gasteiger partial charge in [0.1, 0.15) is 11.6 Å². The normalized spacial score (nSPS) is 14.9. The zero-order valence-corrected chi connectivity index (χ0v) is 19.3. The van der Waals surface area contributed by atoms with E-state index in [0.29, 0.717) is 33.8 Å². The van der Waals surface area contributed by atoms with Crippen LogP contribution in [-0.4, -0.2) is 31.1 Å². The van der Waals surface area contributed by atoms with Crippen LogP contribution in [0.5, 0.6) is 11.5 Å². The number of carbonyl (C=O) groups excluding carboxylic acids is 3. The summed E-state index contributed by atoms with van der Waals surface area (Å²) in [5.41, 5.74) is 2.55. The lowest BCUT2D eigenvalue weighted by Gasteiger charge is -2.27. The van der Waals surface area contributed by atoms with Gasteiger partial charge >= 0.3 is 6.03 Å². The van der Waals surface area contributed by atoms with Crippen LogP contribution in [-0.2, 0) is 9.59 Å². The van der Waals surface area contributed by atoms with Crippen LogP contribution in [0.15, 0.2) is 40.4 Å². The summed E-state index contributed by atoms with van der Waals surface area (Å²) >= 11 is 3.37. The van der Waals surface area contributed by atoms with Crippen molar-refractivity contribution in [3.8, 4) is 17.6 Å². The van der Waals surface area contributed by atoms with Crippen LogP contribution in [0.4, 0.5) is 10.5 Å². The predicted molar refractivity (Wildman–Crippen MR) is 121 cm³/mol. The quantitative estimate of drug-likeness (QED) is 0.476. The molecule has 1 heterocycles. The number of hydrogen-bond acceptors (Lipinski definition) is 6. The summed E-state index contributed by atoms with van der Waals surface area (Å²) in [6.45, 7) is 5.74. The smallest absolute Gasteiger partial charge is 0.335 e. The van der Waals surface area contributed by atoms with Crippen molar-refractivity contribution in [2.75, 3.05) is 18.1 Å². The molecule has 1 aliphatic rings. The fraction of sp³-hybridized carbons (Fsp3) is 0.217. The SMILES string of the molecule is CCOc1cc(/C=C2\C(=O)NC(=O)N(c3ccc(C)c(C)c3)C2=O)cc(Br)c1OCC#N. The molecule has 0 aromatic heterocycles. The molecule has 3 rings (SSSR count). The lowest BCUT2D eigenvalue weighted by Crippen LogP contribution is -2.54. The van der Waals surface area contributed by atoms with Crippen LogP contribution in [0, 0.1) is 25.2 Å². The fourth-order valence-electron chi connectivity index (χ4n) is 3.10. The summed E-state index contributed by atoms with van der Waals surface area (Å²) in [5.74, 6) is -0.850. The molecule has 4 amide bonds. The molecule has 9 heteroatoms. The standard InChI is InChI=1S/C23H20BrN3O5/c1-4-31-19-12-15(11-18(24)20(19)32-8-7-25)10-17-21(28)26-23(30)27(22(17)29)16-6-5-13(2)14(3)9-16/h5-6,9-12H,4,8H2,1-3H3,(H,26,28,30)/b17-10+. The van der Waals surface area contributed by atoms with Gasteiger partial charge in [-0.3, -0.25) is 14.9 Å². The predicted octanol–water partition coefficient (Wildman–Crippen LogP) is 4.03. The molecule has 2 aromatic rings. The topological polar surface area (TPSA) is 109 Å². The van der Waals surface area contributed by atoms with Gasteiger partial charge in [0.05, 0.1) is 16.8 Å². The van der Waals surface area contributed by atoms with E-state index < -0.39 is 17.8 Å². The first-order valence-corrected chi connectivity index (χ1v) is 10.5. The highest BCUT2D eigenvalue weighted by atomic mass is 79.9. The van der Waals surface area contributed by atoms with Crippen LogP contribution < -0.4 is 19.7 Å². The maximum Gasteiger partial charge on any atom is 0.335 e. The summed E-state index contributed by atoms with van der Waals surface area (Å²) in [7, 11) is 0. The molecule has 1 aliphatic heterocycles. The highest BCUT2D eigenvalue weighted by Crippen LogP contribution is 2.38. The number of hydrogen-bond donors (Lipinski definition) is 1. The van der Waals surface area contributed by atoms with Crippen molar-refractivity contribution in [2.45, 2.75) is 20.8 Å². The first kappa shape index (κ1) is 23.0. The average Bonchev–Trinajstić information content (AvgIpc) is 2.73. The summed E-state index contributed by atoms with van der Waals surface area (Å²) in [6, 6.07) is 9.46. The Morgan fingerprint density at radius 2 is 1.88 bits per heavy atom. The van der Waals surface area contributed by atoms with Gasteiger partial charge in [-0.1, -0.05) is 6.07 Å². The molecule has 1 saturated heterocycles. The zero-order valence-electron chi connectivity index (χ0n) is 17.7. The summed E-state index contributed by atoms with van der Waals surface area (Å²) in [4.78, 5) is 39.0. The molecule has 32 heavy (non-hydrogen) atoms. The lowest BCUT2D eigenvalue weighted by molar-refractivity contribution is -0.122. The van der Waals surface area contributed by atoms with E-state index in [0.717, 1.165) is 16.0 Å². The van der Waals surface area contributed by atoms with Crippen molar-refractivity contribution < 1.29 is 23.9 Å². The Kier molecular flexibility index (Phi) is 6.95. The molecule has 0 atom stereocenters. The molecule has 0 saturated carbocycles. The van der Waals surface area contributed by atoms with E-state index in [1.807, 2.05) is 19.9 Å². The van der Waals surface area contributed by atoms with Gasteiger partial charge in [0.15, 0.2) is 18.1 Å². The molecule has 8 nitrogen and oxygen atoms in total. The number of nitrogens with zero attached hydrogens (tertiary/aromatic N) is 2. The number of imide groups is 2. The van der Waals surface area contributed by atoms with Crippen molar-refractivity contribution in [2.24, 2.45) is 0 Å². The van der Waals surface area contributed by atoms with Gasteiger partial charge in [-0.05, 0) is 83.7 Å². The number of amides is 4. The van der Waals surface area contributed by atoms with Crippen LogP contribution >= 0.6 is 15.9 Å². The van der Waals surface area contributed by atoms with Crippen molar-refractivity contribution in [3.05, 3.63) is 57.1 Å². The Bertz CT molecular complexity index is 1180. The van der Waals surface area contributed by atoms with Crippen molar-refractivity contribution >= 4 is 45.5 Å². The third-order valence-corrected chi connectivity index (χ3v) is 5.36. The molecule has 0 unspecified atom stereocenters. The number of aryl methyl sites for hydroxylation is 2. The number of nitrogens with one attached hydrogen (secondary N) is 1. The number of ether oxygens (including phenoxy) is 2.